The fraction of sp³-hybridized carbons (Fsp3) is 0.333. The zero-order chi connectivity index (χ0) is 13.7. The van der Waals surface area contributed by atoms with Crippen LogP contribution >= 0.6 is 12.2 Å². The van der Waals surface area contributed by atoms with Gasteiger partial charge in [-0.2, -0.15) is 0 Å². The molecular formula is C12H15NO4S. The highest BCUT2D eigenvalue weighted by molar-refractivity contribution is 7.80. The lowest BCUT2D eigenvalue weighted by atomic mass is 10.0. The first-order valence-electron chi connectivity index (χ1n) is 5.40. The van der Waals surface area contributed by atoms with Crippen molar-refractivity contribution in [2.75, 3.05) is 6.61 Å². The fourth-order valence-electron chi connectivity index (χ4n) is 1.38. The number of hydrogen-bond acceptors (Lipinski definition) is 5. The molecule has 18 heavy (non-hydrogen) atoms. The third kappa shape index (κ3) is 3.49. The fourth-order valence-corrected chi connectivity index (χ4v) is 1.52. The van der Waals surface area contributed by atoms with E-state index in [4.69, 9.17) is 18.0 Å². The van der Waals surface area contributed by atoms with E-state index < -0.39 is 18.2 Å². The number of aliphatic hydroxyl groups is 2. The molecule has 0 fully saturated rings. The van der Waals surface area contributed by atoms with Gasteiger partial charge in [-0.3, -0.25) is 0 Å². The molecule has 0 aliphatic carbocycles. The Morgan fingerprint density at radius 3 is 2.39 bits per heavy atom. The monoisotopic (exact) mass is 269 g/mol. The minimum atomic E-state index is -1.61. The number of hydrogen-bond donors (Lipinski definition) is 3. The van der Waals surface area contributed by atoms with Crippen molar-refractivity contribution in [2.45, 2.75) is 19.1 Å². The molecular weight excluding hydrogens is 254 g/mol. The van der Waals surface area contributed by atoms with Crippen LogP contribution in [0.3, 0.4) is 0 Å². The third-order valence-corrected chi connectivity index (χ3v) is 2.60. The summed E-state index contributed by atoms with van der Waals surface area (Å²) < 4.78 is 4.62. The summed E-state index contributed by atoms with van der Waals surface area (Å²) in [6.07, 6.45) is -2.95. The average molecular weight is 269 g/mol. The zero-order valence-corrected chi connectivity index (χ0v) is 10.7. The Labute approximate surface area is 110 Å². The molecule has 0 heterocycles. The highest BCUT2D eigenvalue weighted by atomic mass is 32.1. The molecule has 0 spiro atoms. The van der Waals surface area contributed by atoms with Crippen LogP contribution in [0.1, 0.15) is 24.2 Å². The molecule has 0 bridgehead atoms. The van der Waals surface area contributed by atoms with Crippen molar-refractivity contribution in [2.24, 2.45) is 5.73 Å². The van der Waals surface area contributed by atoms with Crippen molar-refractivity contribution in [1.29, 1.82) is 0 Å². The first-order valence-corrected chi connectivity index (χ1v) is 5.80. The van der Waals surface area contributed by atoms with E-state index in [1.165, 1.54) is 0 Å². The smallest absolute Gasteiger partial charge is 0.338 e. The average Bonchev–Trinajstić information content (AvgIpc) is 2.37. The maximum atomic E-state index is 11.3. The topological polar surface area (TPSA) is 92.8 Å². The molecule has 98 valence electrons. The first kappa shape index (κ1) is 14.6. The predicted molar refractivity (Wildman–Crippen MR) is 69.9 cm³/mol. The molecule has 5 nitrogen and oxygen atoms in total. The van der Waals surface area contributed by atoms with Crippen molar-refractivity contribution in [3.05, 3.63) is 35.4 Å². The van der Waals surface area contributed by atoms with E-state index >= 15 is 0 Å². The summed E-state index contributed by atoms with van der Waals surface area (Å²) in [5.41, 5.74) is 6.46. The summed E-state index contributed by atoms with van der Waals surface area (Å²) in [6.45, 7) is 1.76. The van der Waals surface area contributed by atoms with Gasteiger partial charge in [0.05, 0.1) is 6.61 Å². The van der Waals surface area contributed by atoms with Crippen LogP contribution in [-0.2, 0) is 9.53 Å². The minimum absolute atomic E-state index is 0.142. The van der Waals surface area contributed by atoms with Gasteiger partial charge in [0.15, 0.2) is 6.10 Å². The number of aliphatic hydroxyl groups excluding tert-OH is 2. The lowest BCUT2D eigenvalue weighted by Gasteiger charge is -2.16. The van der Waals surface area contributed by atoms with E-state index in [9.17, 15) is 15.0 Å². The molecule has 1 aromatic carbocycles. The number of esters is 1. The molecule has 2 atom stereocenters. The van der Waals surface area contributed by atoms with E-state index in [1.807, 2.05) is 0 Å². The molecule has 4 N–H and O–H groups in total. The van der Waals surface area contributed by atoms with Gasteiger partial charge in [-0.25, -0.2) is 4.79 Å². The lowest BCUT2D eigenvalue weighted by molar-refractivity contribution is -0.159. The Morgan fingerprint density at radius 2 is 1.94 bits per heavy atom. The molecule has 0 aromatic heterocycles. The van der Waals surface area contributed by atoms with Gasteiger partial charge in [0.25, 0.3) is 0 Å². The van der Waals surface area contributed by atoms with Crippen LogP contribution < -0.4 is 5.73 Å². The molecule has 0 aliphatic rings. The molecule has 0 amide bonds. The van der Waals surface area contributed by atoms with Crippen LogP contribution in [0, 0.1) is 0 Å². The number of thiocarbonyl (C=S) groups is 1. The van der Waals surface area contributed by atoms with Crippen LogP contribution in [0.4, 0.5) is 0 Å². The Hall–Kier alpha value is -1.50. The van der Waals surface area contributed by atoms with Gasteiger partial charge >= 0.3 is 5.97 Å². The van der Waals surface area contributed by atoms with Gasteiger partial charge in [-0.15, -0.1) is 0 Å². The Kier molecular flexibility index (Phi) is 5.21. The van der Waals surface area contributed by atoms with Crippen molar-refractivity contribution >= 4 is 23.2 Å². The van der Waals surface area contributed by atoms with Gasteiger partial charge in [0.2, 0.25) is 0 Å². The molecule has 0 saturated carbocycles. The van der Waals surface area contributed by atoms with Crippen LogP contribution in [0.15, 0.2) is 24.3 Å². The summed E-state index contributed by atoms with van der Waals surface area (Å²) in [7, 11) is 0. The van der Waals surface area contributed by atoms with E-state index in [0.29, 0.717) is 11.1 Å². The number of rotatable bonds is 5. The summed E-state index contributed by atoms with van der Waals surface area (Å²) in [5, 5.41) is 19.4. The van der Waals surface area contributed by atoms with Crippen molar-refractivity contribution < 1.29 is 19.7 Å². The number of nitrogens with two attached hydrogens (primary N) is 1. The van der Waals surface area contributed by atoms with Crippen molar-refractivity contribution in [1.82, 2.24) is 0 Å². The summed E-state index contributed by atoms with van der Waals surface area (Å²) in [5.74, 6) is -0.858. The molecule has 2 unspecified atom stereocenters. The van der Waals surface area contributed by atoms with Gasteiger partial charge in [0, 0.05) is 5.56 Å². The number of carbonyl (C=O) groups excluding carboxylic acids is 1. The largest absolute Gasteiger partial charge is 0.464 e. The van der Waals surface area contributed by atoms with Crippen molar-refractivity contribution in [3.63, 3.8) is 0 Å². The minimum Gasteiger partial charge on any atom is -0.464 e. The molecule has 0 radical (unpaired) electrons. The Morgan fingerprint density at radius 1 is 1.39 bits per heavy atom. The maximum absolute atomic E-state index is 11.3. The second-order valence-corrected chi connectivity index (χ2v) is 4.07. The van der Waals surface area contributed by atoms with E-state index in [2.05, 4.69) is 4.74 Å². The van der Waals surface area contributed by atoms with E-state index in [-0.39, 0.29) is 11.6 Å². The van der Waals surface area contributed by atoms with E-state index in [1.54, 1.807) is 31.2 Å². The number of benzene rings is 1. The van der Waals surface area contributed by atoms with Crippen molar-refractivity contribution in [3.8, 4) is 0 Å². The van der Waals surface area contributed by atoms with E-state index in [0.717, 1.165) is 0 Å². The van der Waals surface area contributed by atoms with Crippen LogP contribution in [0.2, 0.25) is 0 Å². The second-order valence-electron chi connectivity index (χ2n) is 3.63. The molecule has 0 aliphatic heterocycles. The van der Waals surface area contributed by atoms with Gasteiger partial charge in [-0.05, 0) is 12.5 Å². The number of carbonyl (C=O) groups is 1. The Balaban J connectivity index is 2.80. The predicted octanol–water partition coefficient (Wildman–Crippen LogP) is 0.278. The summed E-state index contributed by atoms with van der Waals surface area (Å²) in [6, 6.07) is 6.31. The summed E-state index contributed by atoms with van der Waals surface area (Å²) in [4.78, 5) is 11.5. The van der Waals surface area contributed by atoms with Gasteiger partial charge in [-0.1, -0.05) is 36.5 Å². The van der Waals surface area contributed by atoms with Gasteiger partial charge in [0.1, 0.15) is 11.1 Å². The number of ether oxygens (including phenoxy) is 1. The molecule has 6 heteroatoms. The molecule has 1 rings (SSSR count). The lowest BCUT2D eigenvalue weighted by Crippen LogP contribution is -2.29. The highest BCUT2D eigenvalue weighted by Gasteiger charge is 2.26. The Bertz CT molecular complexity index is 432. The van der Waals surface area contributed by atoms with Crippen LogP contribution in [-0.4, -0.2) is 33.9 Å². The molecule has 1 aromatic rings. The second kappa shape index (κ2) is 6.44. The summed E-state index contributed by atoms with van der Waals surface area (Å²) >= 11 is 4.79. The zero-order valence-electron chi connectivity index (χ0n) is 9.87. The van der Waals surface area contributed by atoms with Gasteiger partial charge < -0.3 is 20.7 Å². The third-order valence-electron chi connectivity index (χ3n) is 2.36. The maximum Gasteiger partial charge on any atom is 0.338 e. The first-order chi connectivity index (χ1) is 8.47. The highest BCUT2D eigenvalue weighted by Crippen LogP contribution is 2.18. The van der Waals surface area contributed by atoms with Crippen LogP contribution in [0.5, 0.6) is 0 Å². The molecule has 0 saturated heterocycles. The normalized spacial score (nSPS) is 13.7. The van der Waals surface area contributed by atoms with Crippen LogP contribution in [0.25, 0.3) is 0 Å². The standard InChI is InChI=1S/C12H15NO4S/c1-2-17-12(16)10(15)9(14)7-3-5-8(6-4-7)11(13)18/h3-6,9-10,14-15H,2H2,1H3,(H2,13,18). The quantitative estimate of drug-likeness (QED) is 0.525. The SMILES string of the molecule is CCOC(=O)C(O)C(O)c1ccc(C(N)=S)cc1.